The highest BCUT2D eigenvalue weighted by Crippen LogP contribution is 2.35. The van der Waals surface area contributed by atoms with Crippen LogP contribution in [0.25, 0.3) is 11.4 Å². The number of nitrogens with zero attached hydrogens (tertiary/aromatic N) is 3. The van der Waals surface area contributed by atoms with E-state index in [1.807, 2.05) is 6.92 Å². The maximum atomic E-state index is 13.0. The van der Waals surface area contributed by atoms with Gasteiger partial charge < -0.3 is 14.5 Å². The topological polar surface area (TPSA) is 79.5 Å². The van der Waals surface area contributed by atoms with E-state index in [0.29, 0.717) is 17.5 Å². The summed E-state index contributed by atoms with van der Waals surface area (Å²) < 4.78 is 44.0. The summed E-state index contributed by atoms with van der Waals surface area (Å²) in [4.78, 5) is 18.2. The van der Waals surface area contributed by atoms with Gasteiger partial charge in [-0.2, -0.15) is 18.2 Å². The number of halogens is 5. The van der Waals surface area contributed by atoms with Crippen LogP contribution < -0.4 is 0 Å². The molecule has 0 unspecified atom stereocenters. The molecule has 31 heavy (non-hydrogen) atoms. The number of alkyl halides is 3. The smallest absolute Gasteiger partial charge is 0.416 e. The lowest BCUT2D eigenvalue weighted by molar-refractivity contribution is -0.137. The van der Waals surface area contributed by atoms with Crippen LogP contribution in [-0.2, 0) is 12.7 Å². The number of benzene rings is 2. The number of phenols is 1. The van der Waals surface area contributed by atoms with E-state index in [-0.39, 0.29) is 40.6 Å². The maximum Gasteiger partial charge on any atom is 0.416 e. The average molecular weight is 474 g/mol. The van der Waals surface area contributed by atoms with Crippen molar-refractivity contribution in [3.63, 3.8) is 0 Å². The van der Waals surface area contributed by atoms with Crippen molar-refractivity contribution in [2.24, 2.45) is 0 Å². The summed E-state index contributed by atoms with van der Waals surface area (Å²) in [6.45, 7) is 2.03. The zero-order valence-corrected chi connectivity index (χ0v) is 17.6. The number of aromatic hydroxyl groups is 1. The molecule has 1 aromatic heterocycles. The summed E-state index contributed by atoms with van der Waals surface area (Å²) in [6, 6.07) is 7.46. The predicted molar refractivity (Wildman–Crippen MR) is 108 cm³/mol. The molecule has 1 N–H and O–H groups in total. The molecule has 0 saturated carbocycles. The van der Waals surface area contributed by atoms with Gasteiger partial charge in [-0.3, -0.25) is 4.79 Å². The van der Waals surface area contributed by atoms with Crippen LogP contribution in [0.15, 0.2) is 40.9 Å². The molecule has 1 heterocycles. The molecule has 0 bridgehead atoms. The molecule has 0 aliphatic rings. The Hall–Kier alpha value is -2.78. The maximum absolute atomic E-state index is 13.0. The first kappa shape index (κ1) is 22.9. The van der Waals surface area contributed by atoms with Crippen molar-refractivity contribution in [2.45, 2.75) is 26.1 Å². The molecule has 0 aliphatic carbocycles. The summed E-state index contributed by atoms with van der Waals surface area (Å²) in [5.74, 6) is -1.26. The predicted octanol–water partition coefficient (Wildman–Crippen LogP) is 5.82. The van der Waals surface area contributed by atoms with Crippen LogP contribution >= 0.6 is 23.2 Å². The van der Waals surface area contributed by atoms with Gasteiger partial charge in [-0.05, 0) is 36.2 Å². The Balaban J connectivity index is 1.85. The first-order chi connectivity index (χ1) is 14.6. The zero-order valence-electron chi connectivity index (χ0n) is 16.1. The number of carbonyl (C=O) groups is 1. The second-order valence-electron chi connectivity index (χ2n) is 6.64. The van der Waals surface area contributed by atoms with Crippen LogP contribution in [-0.4, -0.2) is 32.6 Å². The van der Waals surface area contributed by atoms with Gasteiger partial charge in [0.05, 0.1) is 15.6 Å². The normalized spacial score (nSPS) is 11.5. The number of aromatic nitrogens is 2. The molecule has 164 valence electrons. The summed E-state index contributed by atoms with van der Waals surface area (Å²) in [7, 11) is 0. The van der Waals surface area contributed by atoms with Crippen LogP contribution in [0, 0.1) is 0 Å². The largest absolute Gasteiger partial charge is 0.505 e. The molecular formula is C20H16Cl2F3N3O3. The first-order valence-corrected chi connectivity index (χ1v) is 9.83. The Labute approximate surface area is 185 Å². The molecule has 0 saturated heterocycles. The van der Waals surface area contributed by atoms with E-state index in [4.69, 9.17) is 27.7 Å². The molecule has 6 nitrogen and oxygen atoms in total. The van der Waals surface area contributed by atoms with Gasteiger partial charge in [0.1, 0.15) is 0 Å². The Morgan fingerprint density at radius 2 is 1.87 bits per heavy atom. The lowest BCUT2D eigenvalue weighted by Crippen LogP contribution is -2.31. The van der Waals surface area contributed by atoms with Gasteiger partial charge in [0.15, 0.2) is 5.75 Å². The van der Waals surface area contributed by atoms with Crippen LogP contribution in [0.3, 0.4) is 0 Å². The Kier molecular flexibility index (Phi) is 6.76. The standard InChI is InChI=1S/C20H16Cl2F3N3O3/c1-2-6-28(10-11-4-3-5-13(7-11)20(23,24)25)19(30)18-26-17(27-31-18)12-8-14(21)16(29)15(22)9-12/h3-5,7-9,29H,2,6,10H2,1H3. The lowest BCUT2D eigenvalue weighted by Gasteiger charge is -2.21. The number of hydrogen-bond acceptors (Lipinski definition) is 5. The van der Waals surface area contributed by atoms with E-state index in [1.165, 1.54) is 29.2 Å². The summed E-state index contributed by atoms with van der Waals surface area (Å²) in [5, 5.41) is 13.3. The zero-order chi connectivity index (χ0) is 22.8. The molecular weight excluding hydrogens is 458 g/mol. The number of amides is 1. The minimum Gasteiger partial charge on any atom is -0.505 e. The van der Waals surface area contributed by atoms with E-state index in [1.54, 1.807) is 0 Å². The number of carbonyl (C=O) groups excluding carboxylic acids is 1. The van der Waals surface area contributed by atoms with Gasteiger partial charge in [0.25, 0.3) is 0 Å². The summed E-state index contributed by atoms with van der Waals surface area (Å²) >= 11 is 11.8. The highest BCUT2D eigenvalue weighted by molar-refractivity contribution is 6.37. The Morgan fingerprint density at radius 1 is 1.19 bits per heavy atom. The molecule has 0 aliphatic heterocycles. The Morgan fingerprint density at radius 3 is 2.48 bits per heavy atom. The van der Waals surface area contributed by atoms with Gasteiger partial charge in [-0.25, -0.2) is 0 Å². The molecule has 3 rings (SSSR count). The van der Waals surface area contributed by atoms with E-state index < -0.39 is 17.6 Å². The Bertz CT molecular complexity index is 1080. The van der Waals surface area contributed by atoms with Crippen molar-refractivity contribution >= 4 is 29.1 Å². The molecule has 0 spiro atoms. The monoisotopic (exact) mass is 473 g/mol. The minimum atomic E-state index is -4.48. The minimum absolute atomic E-state index is 0.0164. The molecule has 0 atom stereocenters. The van der Waals surface area contributed by atoms with Crippen molar-refractivity contribution < 1.29 is 27.6 Å². The lowest BCUT2D eigenvalue weighted by atomic mass is 10.1. The van der Waals surface area contributed by atoms with Crippen LogP contribution in [0.1, 0.15) is 35.2 Å². The van der Waals surface area contributed by atoms with E-state index in [0.717, 1.165) is 12.1 Å². The van der Waals surface area contributed by atoms with Crippen LogP contribution in [0.5, 0.6) is 5.75 Å². The highest BCUT2D eigenvalue weighted by atomic mass is 35.5. The van der Waals surface area contributed by atoms with Crippen LogP contribution in [0.4, 0.5) is 13.2 Å². The average Bonchev–Trinajstić information content (AvgIpc) is 3.20. The third kappa shape index (κ3) is 5.29. The molecule has 11 heteroatoms. The van der Waals surface area contributed by atoms with E-state index >= 15 is 0 Å². The fourth-order valence-corrected chi connectivity index (χ4v) is 3.33. The van der Waals surface area contributed by atoms with Crippen molar-refractivity contribution in [1.82, 2.24) is 15.0 Å². The fraction of sp³-hybridized carbons (Fsp3) is 0.250. The molecule has 0 radical (unpaired) electrons. The second-order valence-corrected chi connectivity index (χ2v) is 7.45. The van der Waals surface area contributed by atoms with Crippen molar-refractivity contribution in [1.29, 1.82) is 0 Å². The van der Waals surface area contributed by atoms with Gasteiger partial charge in [-0.1, -0.05) is 47.4 Å². The third-order valence-corrected chi connectivity index (χ3v) is 4.87. The quantitative estimate of drug-likeness (QED) is 0.487. The SMILES string of the molecule is CCCN(Cc1cccc(C(F)(F)F)c1)C(=O)c1nc(-c2cc(Cl)c(O)c(Cl)c2)no1. The van der Waals surface area contributed by atoms with Crippen LogP contribution in [0.2, 0.25) is 10.0 Å². The second kappa shape index (κ2) is 9.15. The van der Waals surface area contributed by atoms with E-state index in [9.17, 15) is 23.1 Å². The first-order valence-electron chi connectivity index (χ1n) is 9.07. The van der Waals surface area contributed by atoms with Gasteiger partial charge in [0.2, 0.25) is 5.82 Å². The summed E-state index contributed by atoms with van der Waals surface area (Å²) in [5.41, 5.74) is -0.168. The molecule has 1 amide bonds. The highest BCUT2D eigenvalue weighted by Gasteiger charge is 2.31. The molecule has 0 fully saturated rings. The van der Waals surface area contributed by atoms with Gasteiger partial charge in [0, 0.05) is 18.7 Å². The van der Waals surface area contributed by atoms with Gasteiger partial charge >= 0.3 is 18.0 Å². The van der Waals surface area contributed by atoms with E-state index in [2.05, 4.69) is 10.1 Å². The van der Waals surface area contributed by atoms with Gasteiger partial charge in [-0.15, -0.1) is 0 Å². The number of rotatable bonds is 6. The third-order valence-electron chi connectivity index (χ3n) is 4.29. The number of phenolic OH excluding ortho intramolecular Hbond substituents is 1. The fourth-order valence-electron chi connectivity index (χ4n) is 2.85. The van der Waals surface area contributed by atoms with Crippen molar-refractivity contribution in [3.05, 3.63) is 63.5 Å². The summed E-state index contributed by atoms with van der Waals surface area (Å²) in [6.07, 6.45) is -3.92. The number of hydrogen-bond donors (Lipinski definition) is 1. The van der Waals surface area contributed by atoms with Crippen molar-refractivity contribution in [2.75, 3.05) is 6.54 Å². The van der Waals surface area contributed by atoms with Crippen molar-refractivity contribution in [3.8, 4) is 17.1 Å². The molecule has 3 aromatic rings. The molecule has 2 aromatic carbocycles.